The highest BCUT2D eigenvalue weighted by Crippen LogP contribution is 2.43. The summed E-state index contributed by atoms with van der Waals surface area (Å²) in [4.78, 5) is 0.0463. The van der Waals surface area contributed by atoms with E-state index in [2.05, 4.69) is 59.2 Å². The first-order valence-electron chi connectivity index (χ1n) is 4.94. The maximum atomic E-state index is 6.10. The molecule has 0 saturated heterocycles. The van der Waals surface area contributed by atoms with Crippen molar-refractivity contribution < 1.29 is 4.74 Å². The fraction of sp³-hybridized carbons (Fsp3) is 0.167. The molecule has 0 saturated carbocycles. The molecule has 6 heteroatoms. The molecule has 0 N–H and O–H groups in total. The molecule has 1 aromatic heterocycles. The summed E-state index contributed by atoms with van der Waals surface area (Å²) in [6, 6.07) is 5.82. The first-order chi connectivity index (χ1) is 8.52. The van der Waals surface area contributed by atoms with E-state index in [1.807, 2.05) is 12.1 Å². The molecule has 1 nitrogen and oxygen atoms in total. The van der Waals surface area contributed by atoms with Gasteiger partial charge in [-0.15, -0.1) is 11.3 Å². The summed E-state index contributed by atoms with van der Waals surface area (Å²) < 4.78 is 7.39. The number of benzene rings is 1. The normalized spacial score (nSPS) is 12.5. The Morgan fingerprint density at radius 2 is 2.00 bits per heavy atom. The zero-order valence-electron chi connectivity index (χ0n) is 9.22. The second kappa shape index (κ2) is 6.27. The van der Waals surface area contributed by atoms with Gasteiger partial charge in [-0.2, -0.15) is 0 Å². The van der Waals surface area contributed by atoms with Crippen LogP contribution < -0.4 is 4.74 Å². The number of rotatable bonds is 3. The molecule has 0 fully saturated rings. The van der Waals surface area contributed by atoms with Crippen molar-refractivity contribution in [1.82, 2.24) is 0 Å². The van der Waals surface area contributed by atoms with Crippen LogP contribution >= 0.6 is 70.7 Å². The summed E-state index contributed by atoms with van der Waals surface area (Å²) in [5.74, 6) is 0.795. The number of hydrogen-bond donors (Lipinski definition) is 0. The van der Waals surface area contributed by atoms with Gasteiger partial charge in [-0.1, -0.05) is 27.5 Å². The predicted octanol–water partition coefficient (Wildman–Crippen LogP) is 6.42. The van der Waals surface area contributed by atoms with Crippen molar-refractivity contribution in [2.45, 2.75) is 4.83 Å². The van der Waals surface area contributed by atoms with Crippen molar-refractivity contribution in [3.63, 3.8) is 0 Å². The lowest BCUT2D eigenvalue weighted by Gasteiger charge is -2.15. The standard InChI is InChI=1S/C12H8Br3ClOS/c1-17-12-8(3-7(16)4-9(12)13)11(15)6-2-10(14)18-5-6/h2-5,11H,1H3. The smallest absolute Gasteiger partial charge is 0.137 e. The van der Waals surface area contributed by atoms with E-state index in [-0.39, 0.29) is 4.83 Å². The van der Waals surface area contributed by atoms with Gasteiger partial charge in [-0.3, -0.25) is 0 Å². The molecular formula is C12H8Br3ClOS. The molecular weight excluding hydrogens is 467 g/mol. The zero-order valence-corrected chi connectivity index (χ0v) is 15.5. The van der Waals surface area contributed by atoms with E-state index >= 15 is 0 Å². The van der Waals surface area contributed by atoms with Crippen molar-refractivity contribution in [2.24, 2.45) is 0 Å². The van der Waals surface area contributed by atoms with Gasteiger partial charge in [0.1, 0.15) is 5.75 Å². The lowest BCUT2D eigenvalue weighted by Crippen LogP contribution is -1.97. The highest BCUT2D eigenvalue weighted by atomic mass is 79.9. The summed E-state index contributed by atoms with van der Waals surface area (Å²) in [6.07, 6.45) is 0. The third kappa shape index (κ3) is 3.12. The van der Waals surface area contributed by atoms with Crippen LogP contribution in [0.1, 0.15) is 16.0 Å². The van der Waals surface area contributed by atoms with E-state index < -0.39 is 0 Å². The number of hydrogen-bond acceptors (Lipinski definition) is 2. The SMILES string of the molecule is COc1c(Br)cc(Cl)cc1C(Br)c1csc(Br)c1. The van der Waals surface area contributed by atoms with E-state index in [4.69, 9.17) is 16.3 Å². The van der Waals surface area contributed by atoms with Gasteiger partial charge in [0.15, 0.2) is 0 Å². The van der Waals surface area contributed by atoms with Crippen LogP contribution in [0.25, 0.3) is 0 Å². The molecule has 0 bridgehead atoms. The Kier molecular flexibility index (Phi) is 5.17. The Morgan fingerprint density at radius 1 is 1.28 bits per heavy atom. The minimum Gasteiger partial charge on any atom is -0.495 e. The monoisotopic (exact) mass is 472 g/mol. The number of alkyl halides is 1. The van der Waals surface area contributed by atoms with Gasteiger partial charge in [0.2, 0.25) is 0 Å². The van der Waals surface area contributed by atoms with Crippen LogP contribution in [-0.2, 0) is 0 Å². The van der Waals surface area contributed by atoms with Crippen molar-refractivity contribution >= 4 is 70.7 Å². The van der Waals surface area contributed by atoms with E-state index in [0.717, 1.165) is 19.6 Å². The van der Waals surface area contributed by atoms with Crippen LogP contribution in [0.2, 0.25) is 5.02 Å². The van der Waals surface area contributed by atoms with E-state index in [1.54, 1.807) is 18.4 Å². The number of halogens is 4. The van der Waals surface area contributed by atoms with Crippen LogP contribution in [0.3, 0.4) is 0 Å². The minimum atomic E-state index is 0.0463. The number of thiophene rings is 1. The number of ether oxygens (including phenoxy) is 1. The Hall–Kier alpha value is 0.450. The van der Waals surface area contributed by atoms with Crippen LogP contribution in [0.15, 0.2) is 31.8 Å². The molecule has 2 aromatic rings. The van der Waals surface area contributed by atoms with E-state index in [0.29, 0.717) is 5.02 Å². The minimum absolute atomic E-state index is 0.0463. The zero-order chi connectivity index (χ0) is 13.3. The Balaban J connectivity index is 2.49. The van der Waals surface area contributed by atoms with Gasteiger partial charge in [0, 0.05) is 10.6 Å². The maximum absolute atomic E-state index is 6.10. The molecule has 0 amide bonds. The van der Waals surface area contributed by atoms with E-state index in [1.165, 1.54) is 5.56 Å². The van der Waals surface area contributed by atoms with Crippen LogP contribution in [0.4, 0.5) is 0 Å². The van der Waals surface area contributed by atoms with Crippen LogP contribution in [0.5, 0.6) is 5.75 Å². The fourth-order valence-electron chi connectivity index (χ4n) is 1.62. The second-order valence-corrected chi connectivity index (χ2v) is 8.05. The van der Waals surface area contributed by atoms with Gasteiger partial charge >= 0.3 is 0 Å². The topological polar surface area (TPSA) is 9.23 Å². The van der Waals surface area contributed by atoms with Crippen molar-refractivity contribution in [2.75, 3.05) is 7.11 Å². The maximum Gasteiger partial charge on any atom is 0.137 e. The molecule has 2 rings (SSSR count). The average molecular weight is 475 g/mol. The Bertz CT molecular complexity index is 570. The van der Waals surface area contributed by atoms with Gasteiger partial charge in [0.25, 0.3) is 0 Å². The average Bonchev–Trinajstić information content (AvgIpc) is 2.74. The van der Waals surface area contributed by atoms with Gasteiger partial charge in [0.05, 0.1) is 20.2 Å². The Morgan fingerprint density at radius 3 is 2.56 bits per heavy atom. The molecule has 0 radical (unpaired) electrons. The first-order valence-corrected chi connectivity index (χ1v) is 8.69. The molecule has 1 atom stereocenters. The lowest BCUT2D eigenvalue weighted by atomic mass is 10.1. The van der Waals surface area contributed by atoms with Gasteiger partial charge in [-0.05, 0) is 61.0 Å². The summed E-state index contributed by atoms with van der Waals surface area (Å²) >= 11 is 18.4. The van der Waals surface area contributed by atoms with Crippen molar-refractivity contribution in [3.05, 3.63) is 48.0 Å². The quantitative estimate of drug-likeness (QED) is 0.466. The molecule has 0 aliphatic carbocycles. The molecule has 96 valence electrons. The third-order valence-electron chi connectivity index (χ3n) is 2.39. The lowest BCUT2D eigenvalue weighted by molar-refractivity contribution is 0.408. The summed E-state index contributed by atoms with van der Waals surface area (Å²) in [7, 11) is 1.65. The summed E-state index contributed by atoms with van der Waals surface area (Å²) in [5, 5.41) is 2.77. The fourth-order valence-corrected chi connectivity index (χ4v) is 4.60. The molecule has 1 aromatic carbocycles. The molecule has 0 aliphatic heterocycles. The first kappa shape index (κ1) is 14.9. The highest BCUT2D eigenvalue weighted by molar-refractivity contribution is 9.11. The van der Waals surface area contributed by atoms with Crippen LogP contribution in [-0.4, -0.2) is 7.11 Å². The van der Waals surface area contributed by atoms with Gasteiger partial charge < -0.3 is 4.74 Å². The molecule has 18 heavy (non-hydrogen) atoms. The third-order valence-corrected chi connectivity index (χ3v) is 5.75. The molecule has 1 heterocycles. The predicted molar refractivity (Wildman–Crippen MR) is 88.5 cm³/mol. The van der Waals surface area contributed by atoms with Gasteiger partial charge in [-0.25, -0.2) is 0 Å². The second-order valence-electron chi connectivity index (χ2n) is 3.56. The van der Waals surface area contributed by atoms with Crippen molar-refractivity contribution in [1.29, 1.82) is 0 Å². The Labute approximate surface area is 140 Å². The van der Waals surface area contributed by atoms with Crippen molar-refractivity contribution in [3.8, 4) is 5.75 Å². The molecule has 1 unspecified atom stereocenters. The van der Waals surface area contributed by atoms with E-state index in [9.17, 15) is 0 Å². The molecule has 0 aliphatic rings. The highest BCUT2D eigenvalue weighted by Gasteiger charge is 2.19. The summed E-state index contributed by atoms with van der Waals surface area (Å²) in [5.41, 5.74) is 2.17. The largest absolute Gasteiger partial charge is 0.495 e. The van der Waals surface area contributed by atoms with Crippen LogP contribution in [0, 0.1) is 0 Å². The summed E-state index contributed by atoms with van der Waals surface area (Å²) in [6.45, 7) is 0. The molecule has 0 spiro atoms. The number of methoxy groups -OCH3 is 1.